The highest BCUT2D eigenvalue weighted by Crippen LogP contribution is 2.22. The first-order valence-corrected chi connectivity index (χ1v) is 11.1. The van der Waals surface area contributed by atoms with Gasteiger partial charge in [0.25, 0.3) is 0 Å². The molecule has 2 aliphatic rings. The van der Waals surface area contributed by atoms with Crippen LogP contribution in [0.15, 0.2) is 47.7 Å². The first-order chi connectivity index (χ1) is 15.2. The molecule has 2 saturated heterocycles. The Balaban J connectivity index is 0.00000289. The van der Waals surface area contributed by atoms with Crippen molar-refractivity contribution in [3.63, 3.8) is 0 Å². The highest BCUT2D eigenvalue weighted by atomic mass is 127. The lowest BCUT2D eigenvalue weighted by molar-refractivity contribution is 0.0169. The summed E-state index contributed by atoms with van der Waals surface area (Å²) >= 11 is 0. The summed E-state index contributed by atoms with van der Waals surface area (Å²) in [6.45, 7) is 10.00. The van der Waals surface area contributed by atoms with Crippen molar-refractivity contribution in [2.75, 3.05) is 71.0 Å². The summed E-state index contributed by atoms with van der Waals surface area (Å²) in [5.41, 5.74) is 2.62. The van der Waals surface area contributed by atoms with Crippen LogP contribution in [0.5, 0.6) is 0 Å². The minimum atomic E-state index is 0. The van der Waals surface area contributed by atoms with Crippen LogP contribution in [0.25, 0.3) is 0 Å². The first-order valence-electron chi connectivity index (χ1n) is 11.1. The molecule has 9 heteroatoms. The van der Waals surface area contributed by atoms with Crippen LogP contribution < -0.4 is 10.2 Å². The largest absolute Gasteiger partial charge is 0.379 e. The summed E-state index contributed by atoms with van der Waals surface area (Å²) in [7, 11) is 1.87. The summed E-state index contributed by atoms with van der Waals surface area (Å²) in [6.07, 6.45) is 3.60. The van der Waals surface area contributed by atoms with E-state index in [0.717, 1.165) is 70.9 Å². The molecule has 32 heavy (non-hydrogen) atoms. The van der Waals surface area contributed by atoms with E-state index >= 15 is 0 Å². The fourth-order valence-electron chi connectivity index (χ4n) is 4.23. The number of halogens is 1. The van der Waals surface area contributed by atoms with E-state index in [0.29, 0.717) is 6.04 Å². The van der Waals surface area contributed by atoms with Crippen molar-refractivity contribution in [2.45, 2.75) is 13.0 Å². The van der Waals surface area contributed by atoms with Crippen LogP contribution in [0.2, 0.25) is 0 Å². The standard InChI is InChI=1S/C23H33N7O.HI/c1-19-4-6-20(7-5-19)21(28-14-16-31-17-15-28)18-27-22(24-2)29-10-12-30(13-11-29)23-25-8-3-9-26-23;/h3-9,21H,10-18H2,1-2H3,(H,24,27);1H. The lowest BCUT2D eigenvalue weighted by Gasteiger charge is -2.38. The van der Waals surface area contributed by atoms with Crippen molar-refractivity contribution in [2.24, 2.45) is 4.99 Å². The van der Waals surface area contributed by atoms with Gasteiger partial charge in [-0.15, -0.1) is 24.0 Å². The number of aryl methyl sites for hydroxylation is 1. The molecule has 1 aromatic heterocycles. The number of benzene rings is 1. The molecule has 0 spiro atoms. The van der Waals surface area contributed by atoms with Gasteiger partial charge >= 0.3 is 0 Å². The third-order valence-corrected chi connectivity index (χ3v) is 6.03. The van der Waals surface area contributed by atoms with Crippen molar-refractivity contribution in [1.29, 1.82) is 0 Å². The number of aliphatic imine (C=N–C) groups is 1. The van der Waals surface area contributed by atoms with Crippen molar-refractivity contribution >= 4 is 35.9 Å². The number of anilines is 1. The molecule has 4 rings (SSSR count). The summed E-state index contributed by atoms with van der Waals surface area (Å²) in [4.78, 5) is 20.4. The quantitative estimate of drug-likeness (QED) is 0.347. The van der Waals surface area contributed by atoms with Gasteiger partial charge in [-0.3, -0.25) is 9.89 Å². The van der Waals surface area contributed by atoms with Gasteiger partial charge in [0, 0.05) is 65.3 Å². The maximum absolute atomic E-state index is 5.58. The zero-order chi connectivity index (χ0) is 21.5. The molecule has 2 aromatic rings. The number of hydrogen-bond donors (Lipinski definition) is 1. The Morgan fingerprint density at radius 3 is 2.31 bits per heavy atom. The van der Waals surface area contributed by atoms with Crippen LogP contribution in [-0.2, 0) is 4.74 Å². The highest BCUT2D eigenvalue weighted by molar-refractivity contribution is 14.0. The zero-order valence-electron chi connectivity index (χ0n) is 19.0. The first kappa shape index (κ1) is 24.7. The highest BCUT2D eigenvalue weighted by Gasteiger charge is 2.25. The Labute approximate surface area is 208 Å². The summed E-state index contributed by atoms with van der Waals surface area (Å²) in [6, 6.07) is 11.0. The topological polar surface area (TPSA) is 69.1 Å². The average molecular weight is 551 g/mol. The molecule has 0 aliphatic carbocycles. The van der Waals surface area contributed by atoms with Gasteiger partial charge in [0.2, 0.25) is 5.95 Å². The van der Waals surface area contributed by atoms with E-state index in [1.54, 1.807) is 12.4 Å². The zero-order valence-corrected chi connectivity index (χ0v) is 21.3. The third-order valence-electron chi connectivity index (χ3n) is 6.03. The second kappa shape index (κ2) is 12.3. The van der Waals surface area contributed by atoms with Gasteiger partial charge in [0.15, 0.2) is 5.96 Å². The van der Waals surface area contributed by atoms with Crippen molar-refractivity contribution in [3.8, 4) is 0 Å². The molecular weight excluding hydrogens is 517 g/mol. The fraction of sp³-hybridized carbons (Fsp3) is 0.522. The predicted octanol–water partition coefficient (Wildman–Crippen LogP) is 2.17. The Hall–Kier alpha value is -1.98. The molecule has 1 N–H and O–H groups in total. The second-order valence-corrected chi connectivity index (χ2v) is 8.03. The van der Waals surface area contributed by atoms with Gasteiger partial charge in [-0.25, -0.2) is 9.97 Å². The fourth-order valence-corrected chi connectivity index (χ4v) is 4.23. The molecule has 0 amide bonds. The molecule has 1 atom stereocenters. The second-order valence-electron chi connectivity index (χ2n) is 8.03. The number of aromatic nitrogens is 2. The van der Waals surface area contributed by atoms with E-state index in [9.17, 15) is 0 Å². The number of guanidine groups is 1. The number of nitrogens with zero attached hydrogens (tertiary/aromatic N) is 6. The van der Waals surface area contributed by atoms with Gasteiger partial charge in [0.1, 0.15) is 0 Å². The molecule has 8 nitrogen and oxygen atoms in total. The van der Waals surface area contributed by atoms with Crippen molar-refractivity contribution < 1.29 is 4.74 Å². The lowest BCUT2D eigenvalue weighted by atomic mass is 10.0. The number of hydrogen-bond acceptors (Lipinski definition) is 6. The van der Waals surface area contributed by atoms with Gasteiger partial charge in [0.05, 0.1) is 19.3 Å². The molecule has 0 bridgehead atoms. The van der Waals surface area contributed by atoms with Gasteiger partial charge in [-0.1, -0.05) is 29.8 Å². The minimum absolute atomic E-state index is 0. The number of ether oxygens (including phenoxy) is 1. The van der Waals surface area contributed by atoms with Gasteiger partial charge < -0.3 is 19.9 Å². The van der Waals surface area contributed by atoms with Crippen LogP contribution >= 0.6 is 24.0 Å². The Kier molecular flexibility index (Phi) is 9.49. The van der Waals surface area contributed by atoms with Crippen LogP contribution in [0.1, 0.15) is 17.2 Å². The molecule has 0 radical (unpaired) electrons. The van der Waals surface area contributed by atoms with E-state index in [2.05, 4.69) is 66.2 Å². The molecule has 3 heterocycles. The van der Waals surface area contributed by atoms with E-state index < -0.39 is 0 Å². The molecular formula is C23H34IN7O. The summed E-state index contributed by atoms with van der Waals surface area (Å²) < 4.78 is 5.58. The molecule has 2 aliphatic heterocycles. The van der Waals surface area contributed by atoms with Crippen molar-refractivity contribution in [1.82, 2.24) is 25.1 Å². The van der Waals surface area contributed by atoms with Crippen LogP contribution in [0.3, 0.4) is 0 Å². The Morgan fingerprint density at radius 2 is 1.69 bits per heavy atom. The molecule has 1 unspecified atom stereocenters. The van der Waals surface area contributed by atoms with E-state index in [4.69, 9.17) is 4.74 Å². The number of rotatable bonds is 5. The normalized spacial score (nSPS) is 18.8. The predicted molar refractivity (Wildman–Crippen MR) is 139 cm³/mol. The van der Waals surface area contributed by atoms with Crippen LogP contribution in [-0.4, -0.2) is 91.8 Å². The van der Waals surface area contributed by atoms with E-state index in [1.165, 1.54) is 11.1 Å². The SMILES string of the molecule is CN=C(NCC(c1ccc(C)cc1)N1CCOCC1)N1CCN(c2ncccn2)CC1.I. The molecule has 1 aromatic carbocycles. The molecule has 0 saturated carbocycles. The number of morpholine rings is 1. The smallest absolute Gasteiger partial charge is 0.225 e. The van der Waals surface area contributed by atoms with Gasteiger partial charge in [-0.05, 0) is 18.6 Å². The van der Waals surface area contributed by atoms with Crippen molar-refractivity contribution in [3.05, 3.63) is 53.9 Å². The molecule has 174 valence electrons. The van der Waals surface area contributed by atoms with Crippen LogP contribution in [0.4, 0.5) is 5.95 Å². The van der Waals surface area contributed by atoms with Gasteiger partial charge in [-0.2, -0.15) is 0 Å². The average Bonchev–Trinajstić information content (AvgIpc) is 2.84. The third kappa shape index (κ3) is 6.29. The summed E-state index contributed by atoms with van der Waals surface area (Å²) in [5, 5.41) is 3.65. The minimum Gasteiger partial charge on any atom is -0.379 e. The van der Waals surface area contributed by atoms with E-state index in [1.807, 2.05) is 13.1 Å². The molecule has 2 fully saturated rings. The lowest BCUT2D eigenvalue weighted by Crippen LogP contribution is -2.54. The maximum atomic E-state index is 5.58. The number of piperazine rings is 1. The monoisotopic (exact) mass is 551 g/mol. The summed E-state index contributed by atoms with van der Waals surface area (Å²) in [5.74, 6) is 1.76. The Bertz CT molecular complexity index is 835. The Morgan fingerprint density at radius 1 is 1.03 bits per heavy atom. The van der Waals surface area contributed by atoms with E-state index in [-0.39, 0.29) is 24.0 Å². The maximum Gasteiger partial charge on any atom is 0.225 e. The number of nitrogens with one attached hydrogen (secondary N) is 1. The van der Waals surface area contributed by atoms with Crippen LogP contribution in [0, 0.1) is 6.92 Å².